The van der Waals surface area contributed by atoms with Crippen molar-refractivity contribution in [1.82, 2.24) is 15.2 Å². The summed E-state index contributed by atoms with van der Waals surface area (Å²) >= 11 is 7.81. The van der Waals surface area contributed by atoms with E-state index >= 15 is 0 Å². The van der Waals surface area contributed by atoms with E-state index in [1.807, 2.05) is 31.2 Å². The van der Waals surface area contributed by atoms with Crippen molar-refractivity contribution in [3.63, 3.8) is 0 Å². The lowest BCUT2D eigenvalue weighted by Gasteiger charge is -2.21. The number of nitrogens with zero attached hydrogens (tertiary/aromatic N) is 3. The monoisotopic (exact) mass is 458 g/mol. The first-order chi connectivity index (χ1) is 15.1. The number of rotatable bonds is 7. The Hall–Kier alpha value is -2.71. The van der Waals surface area contributed by atoms with E-state index < -0.39 is 6.23 Å². The highest BCUT2D eigenvalue weighted by molar-refractivity contribution is 7.99. The van der Waals surface area contributed by atoms with Crippen molar-refractivity contribution in [3.05, 3.63) is 47.0 Å². The summed E-state index contributed by atoms with van der Waals surface area (Å²) in [5, 5.41) is 23.0. The van der Waals surface area contributed by atoms with Gasteiger partial charge in [0.15, 0.2) is 23.4 Å². The normalized spacial score (nSPS) is 14.6. The minimum Gasteiger partial charge on any atom is -0.503 e. The van der Waals surface area contributed by atoms with Crippen LogP contribution in [-0.4, -0.2) is 32.6 Å². The quantitative estimate of drug-likeness (QED) is 0.344. The van der Waals surface area contributed by atoms with Crippen LogP contribution in [0.4, 0.5) is 5.69 Å². The number of thioether (sulfide) groups is 1. The molecule has 2 aromatic carbocycles. The molecule has 0 saturated heterocycles. The zero-order valence-electron chi connectivity index (χ0n) is 17.3. The first-order valence-corrected chi connectivity index (χ1v) is 11.5. The number of phenolic OH excluding ortho intramolecular Hbond substituents is 1. The number of para-hydroxylation sites is 1. The number of aromatic hydroxyl groups is 1. The molecule has 7 nitrogen and oxygen atoms in total. The van der Waals surface area contributed by atoms with Gasteiger partial charge in [-0.15, -0.1) is 10.2 Å². The predicted octanol–water partition coefficient (Wildman–Crippen LogP) is 5.69. The van der Waals surface area contributed by atoms with Crippen LogP contribution in [0.25, 0.3) is 11.3 Å². The molecule has 0 spiro atoms. The van der Waals surface area contributed by atoms with Crippen molar-refractivity contribution in [2.75, 3.05) is 17.7 Å². The Kier molecular flexibility index (Phi) is 6.67. The predicted molar refractivity (Wildman–Crippen MR) is 122 cm³/mol. The van der Waals surface area contributed by atoms with Crippen molar-refractivity contribution >= 4 is 29.1 Å². The van der Waals surface area contributed by atoms with Crippen LogP contribution in [-0.2, 0) is 0 Å². The molecule has 1 aliphatic heterocycles. The van der Waals surface area contributed by atoms with Gasteiger partial charge in [0.1, 0.15) is 0 Å². The van der Waals surface area contributed by atoms with Gasteiger partial charge in [0.2, 0.25) is 11.0 Å². The lowest BCUT2D eigenvalue weighted by atomic mass is 10.1. The number of fused-ring (bicyclic) bond motifs is 3. The topological polar surface area (TPSA) is 89.4 Å². The molecule has 0 amide bonds. The Bertz CT molecular complexity index is 1080. The molecule has 0 aliphatic carbocycles. The number of benzene rings is 2. The van der Waals surface area contributed by atoms with Gasteiger partial charge in [-0.2, -0.15) is 4.98 Å². The highest BCUT2D eigenvalue weighted by Gasteiger charge is 2.27. The van der Waals surface area contributed by atoms with Crippen LogP contribution >= 0.6 is 23.4 Å². The Morgan fingerprint density at radius 1 is 1.23 bits per heavy atom. The highest BCUT2D eigenvalue weighted by atomic mass is 35.5. The molecule has 2 N–H and O–H groups in total. The minimum absolute atomic E-state index is 0.0970. The van der Waals surface area contributed by atoms with Gasteiger partial charge < -0.3 is 19.9 Å². The maximum Gasteiger partial charge on any atom is 0.247 e. The van der Waals surface area contributed by atoms with Crippen LogP contribution in [0, 0.1) is 0 Å². The van der Waals surface area contributed by atoms with E-state index in [2.05, 4.69) is 27.4 Å². The van der Waals surface area contributed by atoms with Crippen molar-refractivity contribution < 1.29 is 14.6 Å². The summed E-state index contributed by atoms with van der Waals surface area (Å²) in [6.07, 6.45) is 1.56. The van der Waals surface area contributed by atoms with E-state index in [1.54, 1.807) is 23.9 Å². The van der Waals surface area contributed by atoms with E-state index in [0.29, 0.717) is 34.7 Å². The van der Waals surface area contributed by atoms with E-state index in [0.717, 1.165) is 29.8 Å². The Morgan fingerprint density at radius 3 is 2.87 bits per heavy atom. The van der Waals surface area contributed by atoms with Crippen molar-refractivity contribution in [2.45, 2.75) is 38.1 Å². The summed E-state index contributed by atoms with van der Waals surface area (Å²) in [6.45, 7) is 4.38. The van der Waals surface area contributed by atoms with Crippen LogP contribution in [0.3, 0.4) is 0 Å². The summed E-state index contributed by atoms with van der Waals surface area (Å²) in [5.41, 5.74) is 2.93. The average molecular weight is 459 g/mol. The van der Waals surface area contributed by atoms with Crippen LogP contribution in [0.2, 0.25) is 5.02 Å². The van der Waals surface area contributed by atoms with Gasteiger partial charge in [-0.25, -0.2) is 0 Å². The largest absolute Gasteiger partial charge is 0.503 e. The summed E-state index contributed by atoms with van der Waals surface area (Å²) in [7, 11) is 0. The highest BCUT2D eigenvalue weighted by Crippen LogP contribution is 2.42. The van der Waals surface area contributed by atoms with Gasteiger partial charge in [0, 0.05) is 22.6 Å². The van der Waals surface area contributed by atoms with E-state index in [-0.39, 0.29) is 10.8 Å². The molecular weight excluding hydrogens is 436 g/mol. The van der Waals surface area contributed by atoms with Crippen LogP contribution in [0.5, 0.6) is 17.4 Å². The number of nitrogens with one attached hydrogen (secondary N) is 1. The first-order valence-electron chi connectivity index (χ1n) is 10.2. The van der Waals surface area contributed by atoms with Gasteiger partial charge in [-0.1, -0.05) is 54.9 Å². The number of hydrogen-bond donors (Lipinski definition) is 2. The Labute approximate surface area is 190 Å². The number of hydrogen-bond acceptors (Lipinski definition) is 8. The fourth-order valence-corrected chi connectivity index (χ4v) is 4.26. The van der Waals surface area contributed by atoms with E-state index in [4.69, 9.17) is 21.1 Å². The van der Waals surface area contributed by atoms with E-state index in [9.17, 15) is 5.11 Å². The molecule has 1 unspecified atom stereocenters. The fraction of sp³-hybridized carbons (Fsp3) is 0.318. The van der Waals surface area contributed by atoms with E-state index in [1.165, 1.54) is 0 Å². The molecule has 1 aliphatic rings. The molecule has 1 atom stereocenters. The molecule has 2 heterocycles. The smallest absolute Gasteiger partial charge is 0.247 e. The molecule has 4 rings (SSSR count). The zero-order valence-corrected chi connectivity index (χ0v) is 18.8. The van der Waals surface area contributed by atoms with Gasteiger partial charge in [-0.05, 0) is 31.5 Å². The van der Waals surface area contributed by atoms with Gasteiger partial charge in [0.25, 0.3) is 0 Å². The Morgan fingerprint density at radius 2 is 2.06 bits per heavy atom. The summed E-state index contributed by atoms with van der Waals surface area (Å²) in [6, 6.07) is 11.1. The van der Waals surface area contributed by atoms with Gasteiger partial charge in [0.05, 0.1) is 11.6 Å². The van der Waals surface area contributed by atoms with Crippen LogP contribution < -0.4 is 14.8 Å². The van der Waals surface area contributed by atoms with Crippen molar-refractivity contribution in [2.24, 2.45) is 0 Å². The second kappa shape index (κ2) is 9.62. The van der Waals surface area contributed by atoms with Crippen LogP contribution in [0.15, 0.2) is 41.6 Å². The molecule has 0 saturated carbocycles. The van der Waals surface area contributed by atoms with Crippen molar-refractivity contribution in [1.29, 1.82) is 0 Å². The molecule has 162 valence electrons. The van der Waals surface area contributed by atoms with Crippen molar-refractivity contribution in [3.8, 4) is 28.6 Å². The summed E-state index contributed by atoms with van der Waals surface area (Å²) < 4.78 is 11.8. The van der Waals surface area contributed by atoms with Gasteiger partial charge >= 0.3 is 0 Å². The SMILES string of the molecule is CCCCSc1nnc2c(n1)OC(c1cc(Cl)c(O)c(OCC)c1)Nc1ccccc1-2. The maximum absolute atomic E-state index is 10.2. The molecule has 9 heteroatoms. The third-order valence-corrected chi connectivity index (χ3v) is 5.93. The number of phenols is 1. The average Bonchev–Trinajstić information content (AvgIpc) is 2.93. The third kappa shape index (κ3) is 4.65. The molecular formula is C22H23ClN4O3S. The maximum atomic E-state index is 10.2. The van der Waals surface area contributed by atoms with Crippen LogP contribution in [0.1, 0.15) is 38.5 Å². The lowest BCUT2D eigenvalue weighted by Crippen LogP contribution is -2.17. The lowest BCUT2D eigenvalue weighted by molar-refractivity contribution is 0.224. The number of halogens is 1. The molecule has 0 radical (unpaired) electrons. The third-order valence-electron chi connectivity index (χ3n) is 4.72. The fourth-order valence-electron chi connectivity index (χ4n) is 3.18. The summed E-state index contributed by atoms with van der Waals surface area (Å²) in [5.74, 6) is 1.50. The second-order valence-corrected chi connectivity index (χ2v) is 8.39. The molecule has 3 aromatic rings. The minimum atomic E-state index is -0.620. The molecule has 0 bridgehead atoms. The standard InChI is InChI=1S/C22H23ClN4O3S/c1-3-5-10-31-22-25-21-18(26-27-22)14-8-6-7-9-16(14)24-20(30-21)13-11-15(23)19(28)17(12-13)29-4-2/h6-9,11-12,20,24,28H,3-5,10H2,1-2H3. The number of aromatic nitrogens is 3. The second-order valence-electron chi connectivity index (χ2n) is 6.92. The molecule has 1 aromatic heterocycles. The summed E-state index contributed by atoms with van der Waals surface area (Å²) in [4.78, 5) is 4.63. The molecule has 0 fully saturated rings. The Balaban J connectivity index is 1.76. The molecule has 31 heavy (non-hydrogen) atoms. The number of ether oxygens (including phenoxy) is 2. The first kappa shape index (κ1) is 21.5. The van der Waals surface area contributed by atoms with Gasteiger partial charge in [-0.3, -0.25) is 0 Å². The number of anilines is 1. The zero-order chi connectivity index (χ0) is 21.8. The number of unbranched alkanes of at least 4 members (excludes halogenated alkanes) is 1.